The topological polar surface area (TPSA) is 204 Å². The largest absolute Gasteiger partial charge is 0.478 e. The summed E-state index contributed by atoms with van der Waals surface area (Å²) in [5, 5.41) is 18.4. The van der Waals surface area contributed by atoms with Gasteiger partial charge in [-0.2, -0.15) is 0 Å². The van der Waals surface area contributed by atoms with E-state index in [2.05, 4.69) is 45.7 Å². The zero-order valence-corrected chi connectivity index (χ0v) is 43.6. The van der Waals surface area contributed by atoms with Gasteiger partial charge in [0.1, 0.15) is 11.6 Å². The number of carbonyl (C=O) groups excluding carboxylic acids is 3. The summed E-state index contributed by atoms with van der Waals surface area (Å²) in [5.74, 6) is -2.19. The van der Waals surface area contributed by atoms with E-state index in [0.717, 1.165) is 44.5 Å². The fourth-order valence-corrected chi connectivity index (χ4v) is 9.89. The minimum atomic E-state index is -1.09. The van der Waals surface area contributed by atoms with Crippen LogP contribution in [0.15, 0.2) is 122 Å². The van der Waals surface area contributed by atoms with Gasteiger partial charge in [0.15, 0.2) is 0 Å². The summed E-state index contributed by atoms with van der Waals surface area (Å²) in [6.45, 7) is 9.98. The Kier molecular flexibility index (Phi) is 19.3. The van der Waals surface area contributed by atoms with Crippen LogP contribution in [0.2, 0.25) is 10.0 Å². The Bertz CT molecular complexity index is 3050. The van der Waals surface area contributed by atoms with Crippen molar-refractivity contribution in [3.05, 3.63) is 166 Å². The number of piperazine rings is 2. The third kappa shape index (κ3) is 15.4. The number of nitrogens with zero attached hydrogens (tertiary/aromatic N) is 7. The zero-order chi connectivity index (χ0) is 54.4. The van der Waals surface area contributed by atoms with Crippen LogP contribution in [0.25, 0.3) is 34.7 Å². The lowest BCUT2D eigenvalue weighted by molar-refractivity contribution is -0.141. The molecule has 4 saturated heterocycles. The number of anilines is 2. The highest BCUT2D eigenvalue weighted by Crippen LogP contribution is 2.35. The first-order chi connectivity index (χ1) is 37.2. The average Bonchev–Trinajstić information content (AvgIpc) is 3.40. The first-order valence-electron chi connectivity index (χ1n) is 24.7. The maximum Gasteiger partial charge on any atom is 0.328 e. The molecular formula is C56H56Cl2F2N10O7. The Morgan fingerprint density at radius 1 is 0.649 bits per heavy atom. The maximum atomic E-state index is 13.3. The molecule has 10 rings (SSSR count). The number of carbonyl (C=O) groups is 4. The van der Waals surface area contributed by atoms with E-state index in [1.54, 1.807) is 67.3 Å². The van der Waals surface area contributed by atoms with E-state index in [1.165, 1.54) is 68.2 Å². The lowest BCUT2D eigenvalue weighted by atomic mass is 10.0. The maximum absolute atomic E-state index is 13.3. The van der Waals surface area contributed by atoms with E-state index in [4.69, 9.17) is 37.8 Å². The number of ether oxygens (including phenoxy) is 2. The Labute approximate surface area is 453 Å². The van der Waals surface area contributed by atoms with Gasteiger partial charge < -0.3 is 35.4 Å². The monoisotopic (exact) mass is 1090 g/mol. The molecule has 6 aromatic rings. The van der Waals surface area contributed by atoms with Crippen LogP contribution >= 0.6 is 23.2 Å². The number of benzene rings is 4. The summed E-state index contributed by atoms with van der Waals surface area (Å²) in [6, 6.07) is 20.9. The zero-order valence-electron chi connectivity index (χ0n) is 42.1. The van der Waals surface area contributed by atoms with Crippen LogP contribution < -0.4 is 16.0 Å². The van der Waals surface area contributed by atoms with Gasteiger partial charge in [0.25, 0.3) is 0 Å². The molecule has 4 fully saturated rings. The third-order valence-electron chi connectivity index (χ3n) is 13.0. The van der Waals surface area contributed by atoms with Crippen molar-refractivity contribution in [2.45, 2.75) is 51.1 Å². The summed E-state index contributed by atoms with van der Waals surface area (Å²) < 4.78 is 37.5. The number of morpholine rings is 2. The van der Waals surface area contributed by atoms with Gasteiger partial charge in [0.05, 0.1) is 72.3 Å². The molecule has 77 heavy (non-hydrogen) atoms. The molecule has 4 aliphatic heterocycles. The molecule has 4 aromatic carbocycles. The number of hydrogen-bond donors (Lipinski definition) is 4. The van der Waals surface area contributed by atoms with Gasteiger partial charge in [-0.25, -0.2) is 13.6 Å². The summed E-state index contributed by atoms with van der Waals surface area (Å²) in [7, 11) is 0. The van der Waals surface area contributed by atoms with Crippen LogP contribution in [0.4, 0.5) is 20.2 Å². The lowest BCUT2D eigenvalue weighted by Crippen LogP contribution is -2.64. The Balaban J connectivity index is 0.000000169. The lowest BCUT2D eigenvalue weighted by Gasteiger charge is -2.49. The predicted molar refractivity (Wildman–Crippen MR) is 289 cm³/mol. The van der Waals surface area contributed by atoms with Crippen LogP contribution in [0.3, 0.4) is 0 Å². The molecule has 21 heteroatoms. The first-order valence-corrected chi connectivity index (χ1v) is 25.4. The number of aromatic nitrogens is 4. The highest BCUT2D eigenvalue weighted by molar-refractivity contribution is 6.34. The summed E-state index contributed by atoms with van der Waals surface area (Å²) in [4.78, 5) is 70.2. The molecule has 0 saturated carbocycles. The third-order valence-corrected chi connectivity index (χ3v) is 13.6. The van der Waals surface area contributed by atoms with Crippen molar-refractivity contribution in [2.24, 2.45) is 0 Å². The van der Waals surface area contributed by atoms with Gasteiger partial charge in [0.2, 0.25) is 17.7 Å². The predicted octanol–water partition coefficient (Wildman–Crippen LogP) is 7.87. The van der Waals surface area contributed by atoms with Crippen molar-refractivity contribution >= 4 is 70.4 Å². The van der Waals surface area contributed by atoms with E-state index in [0.29, 0.717) is 100.0 Å². The number of rotatable bonds is 12. The number of carboxylic acid groups (broad SMARTS) is 1. The minimum absolute atomic E-state index is 0.0404. The van der Waals surface area contributed by atoms with Crippen molar-refractivity contribution in [1.29, 1.82) is 0 Å². The van der Waals surface area contributed by atoms with Gasteiger partial charge in [-0.1, -0.05) is 47.5 Å². The van der Waals surface area contributed by atoms with E-state index in [1.807, 2.05) is 17.0 Å². The summed E-state index contributed by atoms with van der Waals surface area (Å²) >= 11 is 12.7. The van der Waals surface area contributed by atoms with E-state index in [9.17, 15) is 28.0 Å². The van der Waals surface area contributed by atoms with Gasteiger partial charge in [-0.05, 0) is 82.9 Å². The highest BCUT2D eigenvalue weighted by Gasteiger charge is 2.39. The van der Waals surface area contributed by atoms with E-state index >= 15 is 0 Å². The average molecular weight is 1090 g/mol. The van der Waals surface area contributed by atoms with Gasteiger partial charge in [0, 0.05) is 125 Å². The molecule has 4 N–H and O–H groups in total. The van der Waals surface area contributed by atoms with Gasteiger partial charge >= 0.3 is 5.97 Å². The molecule has 400 valence electrons. The molecule has 4 bridgehead atoms. The molecule has 4 unspecified atom stereocenters. The van der Waals surface area contributed by atoms with Crippen LogP contribution in [-0.4, -0.2) is 140 Å². The molecule has 0 spiro atoms. The molecule has 4 atom stereocenters. The number of hydrogen-bond acceptors (Lipinski definition) is 13. The molecule has 17 nitrogen and oxygen atoms in total. The highest BCUT2D eigenvalue weighted by atomic mass is 35.5. The van der Waals surface area contributed by atoms with Crippen molar-refractivity contribution in [3.63, 3.8) is 0 Å². The number of nitrogens with one attached hydrogen (secondary N) is 3. The van der Waals surface area contributed by atoms with Crippen molar-refractivity contribution in [3.8, 4) is 22.5 Å². The van der Waals surface area contributed by atoms with Crippen molar-refractivity contribution < 1.29 is 42.5 Å². The molecule has 2 aromatic heterocycles. The SMILES string of the molecule is CC(=O)Nc1cc(Cl)c(-c2cnccn2)cc1/C=C/C(=O)N1CC2COCC(C1)N2Cc1ccc(F)cc1.CC(=O)Nc1cc(Cl)c(-c2cnccn2)cc1/C=C/C(=O)O.Fc1ccc(CN2C3CNCC2COC3)cc1. The Hall–Kier alpha value is -7.36. The number of halogens is 4. The summed E-state index contributed by atoms with van der Waals surface area (Å²) in [6.07, 6.45) is 14.9. The minimum Gasteiger partial charge on any atom is -0.478 e. The molecule has 4 aliphatic rings. The number of amides is 3. The molecule has 3 amide bonds. The Morgan fingerprint density at radius 3 is 1.49 bits per heavy atom. The standard InChI is InChI=1S/C28H27ClFN5O3.C15H12ClN3O3.C13H17FN2O/c1-18(36)33-26-11-25(29)24(27-12-31-8-9-32-27)10-20(26)4-7-28(37)34-14-22-16-38-17-23(15-34)35(22)13-19-2-5-21(30)6-3-19;1-9(20)19-13-7-12(16)11(14-8-17-4-5-18-14)6-10(13)2-3-15(21)22;14-11-3-1-10(2-4-11)7-16-12-5-15-6-13(16)9-17-8-12/h2-12,22-23H,13-17H2,1H3,(H,33,36);2-8H,1H3,(H,19,20)(H,21,22);1-4,12-13,15H,5-9H2/b7-4+;3-2+;. The van der Waals surface area contributed by atoms with Crippen molar-refractivity contribution in [2.75, 3.05) is 63.2 Å². The van der Waals surface area contributed by atoms with Crippen molar-refractivity contribution in [1.82, 2.24) is 40.0 Å². The smallest absolute Gasteiger partial charge is 0.328 e. The quantitative estimate of drug-likeness (QED) is 0.0862. The fourth-order valence-electron chi connectivity index (χ4n) is 9.37. The van der Waals surface area contributed by atoms with Crippen LogP contribution in [0.5, 0.6) is 0 Å². The molecule has 0 aliphatic carbocycles. The van der Waals surface area contributed by atoms with Crippen LogP contribution in [-0.2, 0) is 41.7 Å². The van der Waals surface area contributed by atoms with E-state index < -0.39 is 5.97 Å². The molecular weight excluding hydrogens is 1030 g/mol. The van der Waals surface area contributed by atoms with E-state index in [-0.39, 0.29) is 41.4 Å². The fraction of sp³-hybridized carbons (Fsp3) is 0.286. The van der Waals surface area contributed by atoms with Crippen LogP contribution in [0.1, 0.15) is 36.1 Å². The van der Waals surface area contributed by atoms with Gasteiger partial charge in [-0.15, -0.1) is 0 Å². The van der Waals surface area contributed by atoms with Crippen LogP contribution in [0, 0.1) is 11.6 Å². The van der Waals surface area contributed by atoms with Gasteiger partial charge in [-0.3, -0.25) is 44.1 Å². The number of fused-ring (bicyclic) bond motifs is 4. The normalized spacial score (nSPS) is 19.1. The molecule has 6 heterocycles. The first kappa shape index (κ1) is 55.9. The second-order valence-electron chi connectivity index (χ2n) is 18.6. The second kappa shape index (κ2) is 26.6. The number of aliphatic carboxylic acids is 1. The second-order valence-corrected chi connectivity index (χ2v) is 19.4. The summed E-state index contributed by atoms with van der Waals surface area (Å²) in [5.41, 5.74) is 6.59. The Morgan fingerprint density at radius 2 is 1.08 bits per heavy atom. The molecule has 0 radical (unpaired) electrons. The number of carboxylic acids is 1.